The lowest BCUT2D eigenvalue weighted by atomic mass is 10.0. The molecule has 0 aliphatic carbocycles. The zero-order valence-corrected chi connectivity index (χ0v) is 12.6. The first-order chi connectivity index (χ1) is 9.49. The first-order valence-corrected chi connectivity index (χ1v) is 7.27. The van der Waals surface area contributed by atoms with E-state index in [1.165, 1.54) is 4.90 Å². The van der Waals surface area contributed by atoms with Crippen LogP contribution in [0.3, 0.4) is 0 Å². The van der Waals surface area contributed by atoms with Crippen LogP contribution in [-0.2, 0) is 16.1 Å². The van der Waals surface area contributed by atoms with Crippen LogP contribution in [0.15, 0.2) is 16.6 Å². The number of imide groups is 1. The van der Waals surface area contributed by atoms with Gasteiger partial charge in [-0.1, -0.05) is 27.5 Å². The number of nitrogens with one attached hydrogen (secondary N) is 1. The van der Waals surface area contributed by atoms with Gasteiger partial charge in [-0.3, -0.25) is 19.7 Å². The van der Waals surface area contributed by atoms with Gasteiger partial charge in [-0.05, 0) is 24.1 Å². The Bertz CT molecular complexity index is 647. The van der Waals surface area contributed by atoms with Gasteiger partial charge in [0.1, 0.15) is 6.04 Å². The first-order valence-electron chi connectivity index (χ1n) is 6.10. The molecular formula is C13H10BrClN2O3. The summed E-state index contributed by atoms with van der Waals surface area (Å²) in [7, 11) is 0. The standard InChI is InChI=1S/C13H10BrClN2O3/c14-7-1-2-8(15)11-6(7)5-17(13(11)20)9-3-4-10(18)16-12(9)19/h1-2,9H,3-5H2,(H,16,18,19). The number of hydrogen-bond donors (Lipinski definition) is 1. The molecule has 2 heterocycles. The Kier molecular flexibility index (Phi) is 3.30. The van der Waals surface area contributed by atoms with E-state index in [-0.39, 0.29) is 18.2 Å². The van der Waals surface area contributed by atoms with Crippen molar-refractivity contribution >= 4 is 45.3 Å². The highest BCUT2D eigenvalue weighted by Crippen LogP contribution is 2.36. The van der Waals surface area contributed by atoms with Crippen LogP contribution in [0.1, 0.15) is 28.8 Å². The van der Waals surface area contributed by atoms with Crippen LogP contribution in [0.2, 0.25) is 5.02 Å². The van der Waals surface area contributed by atoms with Gasteiger partial charge < -0.3 is 4.90 Å². The predicted molar refractivity (Wildman–Crippen MR) is 75.2 cm³/mol. The lowest BCUT2D eigenvalue weighted by Crippen LogP contribution is -2.52. The molecule has 104 valence electrons. The molecule has 1 atom stereocenters. The van der Waals surface area contributed by atoms with Gasteiger partial charge in [0.25, 0.3) is 5.91 Å². The van der Waals surface area contributed by atoms with E-state index in [2.05, 4.69) is 21.2 Å². The minimum absolute atomic E-state index is 0.242. The third-order valence-corrected chi connectivity index (χ3v) is 4.65. The summed E-state index contributed by atoms with van der Waals surface area (Å²) in [5.41, 5.74) is 1.22. The summed E-state index contributed by atoms with van der Waals surface area (Å²) in [6.45, 7) is 0.321. The Hall–Kier alpha value is -1.40. The lowest BCUT2D eigenvalue weighted by Gasteiger charge is -2.29. The fourth-order valence-corrected chi connectivity index (χ4v) is 3.31. The first kappa shape index (κ1) is 13.6. The van der Waals surface area contributed by atoms with Crippen molar-refractivity contribution in [3.05, 3.63) is 32.8 Å². The molecule has 1 aromatic rings. The highest BCUT2D eigenvalue weighted by molar-refractivity contribution is 9.10. The molecule has 7 heteroatoms. The summed E-state index contributed by atoms with van der Waals surface area (Å²) in [6, 6.07) is 2.81. The normalized spacial score (nSPS) is 22.0. The minimum Gasteiger partial charge on any atom is -0.322 e. The number of piperidine rings is 1. The second-order valence-corrected chi connectivity index (χ2v) is 6.04. The zero-order valence-electron chi connectivity index (χ0n) is 10.3. The highest BCUT2D eigenvalue weighted by atomic mass is 79.9. The van der Waals surface area contributed by atoms with E-state index in [0.29, 0.717) is 23.6 Å². The molecule has 0 spiro atoms. The van der Waals surface area contributed by atoms with Crippen LogP contribution in [-0.4, -0.2) is 28.7 Å². The fraction of sp³-hybridized carbons (Fsp3) is 0.308. The number of carbonyl (C=O) groups excluding carboxylic acids is 3. The molecular weight excluding hydrogens is 348 g/mol. The van der Waals surface area contributed by atoms with Gasteiger partial charge in [0, 0.05) is 17.4 Å². The van der Waals surface area contributed by atoms with Crippen LogP contribution in [0.25, 0.3) is 0 Å². The number of rotatable bonds is 1. The van der Waals surface area contributed by atoms with E-state index < -0.39 is 11.9 Å². The lowest BCUT2D eigenvalue weighted by molar-refractivity contribution is -0.136. The Balaban J connectivity index is 1.94. The molecule has 1 saturated heterocycles. The number of nitrogens with zero attached hydrogens (tertiary/aromatic N) is 1. The van der Waals surface area contributed by atoms with Gasteiger partial charge in [-0.2, -0.15) is 0 Å². The molecule has 20 heavy (non-hydrogen) atoms. The van der Waals surface area contributed by atoms with Gasteiger partial charge in [-0.15, -0.1) is 0 Å². The van der Waals surface area contributed by atoms with Gasteiger partial charge in [-0.25, -0.2) is 0 Å². The molecule has 0 aromatic heterocycles. The Morgan fingerprint density at radius 3 is 2.70 bits per heavy atom. The topological polar surface area (TPSA) is 66.5 Å². The minimum atomic E-state index is -0.615. The van der Waals surface area contributed by atoms with Gasteiger partial charge >= 0.3 is 0 Å². The van der Waals surface area contributed by atoms with Crippen molar-refractivity contribution in [2.45, 2.75) is 25.4 Å². The summed E-state index contributed by atoms with van der Waals surface area (Å²) < 4.78 is 0.792. The maximum absolute atomic E-state index is 12.5. The summed E-state index contributed by atoms with van der Waals surface area (Å²) >= 11 is 9.47. The number of fused-ring (bicyclic) bond motifs is 1. The number of hydrogen-bond acceptors (Lipinski definition) is 3. The van der Waals surface area contributed by atoms with Crippen molar-refractivity contribution in [3.8, 4) is 0 Å². The van der Waals surface area contributed by atoms with Crippen LogP contribution in [0.5, 0.6) is 0 Å². The maximum Gasteiger partial charge on any atom is 0.256 e. The molecule has 1 fully saturated rings. The Morgan fingerprint density at radius 2 is 2.05 bits per heavy atom. The summed E-state index contributed by atoms with van der Waals surface area (Å²) in [5, 5.41) is 2.64. The van der Waals surface area contributed by atoms with Gasteiger partial charge in [0.15, 0.2) is 0 Å². The van der Waals surface area contributed by atoms with Crippen LogP contribution in [0, 0.1) is 0 Å². The van der Waals surface area contributed by atoms with Gasteiger partial charge in [0.2, 0.25) is 11.8 Å². The average molecular weight is 358 g/mol. The molecule has 2 aliphatic rings. The van der Waals surface area contributed by atoms with E-state index in [1.54, 1.807) is 12.1 Å². The second kappa shape index (κ2) is 4.86. The van der Waals surface area contributed by atoms with Crippen molar-refractivity contribution in [1.29, 1.82) is 0 Å². The molecule has 3 rings (SSSR count). The van der Waals surface area contributed by atoms with Crippen molar-refractivity contribution in [2.75, 3.05) is 0 Å². The van der Waals surface area contributed by atoms with E-state index in [4.69, 9.17) is 11.6 Å². The van der Waals surface area contributed by atoms with Crippen LogP contribution >= 0.6 is 27.5 Å². The molecule has 2 aliphatic heterocycles. The smallest absolute Gasteiger partial charge is 0.256 e. The van der Waals surface area contributed by atoms with Gasteiger partial charge in [0.05, 0.1) is 10.6 Å². The summed E-state index contributed by atoms with van der Waals surface area (Å²) in [4.78, 5) is 37.0. The molecule has 0 radical (unpaired) electrons. The van der Waals surface area contributed by atoms with E-state index in [9.17, 15) is 14.4 Å². The van der Waals surface area contributed by atoms with Crippen molar-refractivity contribution in [3.63, 3.8) is 0 Å². The summed E-state index contributed by atoms with van der Waals surface area (Å²) in [5.74, 6) is -0.981. The highest BCUT2D eigenvalue weighted by Gasteiger charge is 2.40. The van der Waals surface area contributed by atoms with Crippen molar-refractivity contribution < 1.29 is 14.4 Å². The Labute approximate surface area is 128 Å². The monoisotopic (exact) mass is 356 g/mol. The maximum atomic E-state index is 12.5. The largest absolute Gasteiger partial charge is 0.322 e. The van der Waals surface area contributed by atoms with Crippen LogP contribution in [0.4, 0.5) is 0 Å². The predicted octanol–water partition coefficient (Wildman–Crippen LogP) is 1.86. The number of halogens is 2. The fourth-order valence-electron chi connectivity index (χ4n) is 2.60. The SMILES string of the molecule is O=C1CCC(N2Cc3c(Br)ccc(Cl)c3C2=O)C(=O)N1. The number of amides is 3. The van der Waals surface area contributed by atoms with Crippen LogP contribution < -0.4 is 5.32 Å². The average Bonchev–Trinajstić information content (AvgIpc) is 2.73. The summed E-state index contributed by atoms with van der Waals surface area (Å²) in [6.07, 6.45) is 0.588. The third kappa shape index (κ3) is 2.03. The zero-order chi connectivity index (χ0) is 14.4. The van der Waals surface area contributed by atoms with E-state index >= 15 is 0 Å². The number of carbonyl (C=O) groups is 3. The quantitative estimate of drug-likeness (QED) is 0.780. The molecule has 1 aromatic carbocycles. The van der Waals surface area contributed by atoms with Crippen molar-refractivity contribution in [2.24, 2.45) is 0 Å². The van der Waals surface area contributed by atoms with E-state index in [1.807, 2.05) is 0 Å². The molecule has 0 bridgehead atoms. The second-order valence-electron chi connectivity index (χ2n) is 4.78. The number of benzene rings is 1. The molecule has 5 nitrogen and oxygen atoms in total. The Morgan fingerprint density at radius 1 is 1.30 bits per heavy atom. The van der Waals surface area contributed by atoms with E-state index in [0.717, 1.165) is 10.0 Å². The third-order valence-electron chi connectivity index (χ3n) is 3.59. The molecule has 0 saturated carbocycles. The molecule has 1 unspecified atom stereocenters. The van der Waals surface area contributed by atoms with Crippen molar-refractivity contribution in [1.82, 2.24) is 10.2 Å². The molecule has 1 N–H and O–H groups in total. The molecule has 3 amide bonds.